The monoisotopic (exact) mass is 295 g/mol. The fraction of sp³-hybridized carbons (Fsp3) is 0.714. The summed E-state index contributed by atoms with van der Waals surface area (Å²) in [5, 5.41) is 4.52. The zero-order chi connectivity index (χ0) is 13.9. The van der Waals surface area contributed by atoms with E-state index in [0.29, 0.717) is 6.61 Å². The van der Waals surface area contributed by atoms with Crippen LogP contribution in [0.1, 0.15) is 34.8 Å². The molecule has 2 aliphatic heterocycles. The second-order valence-electron chi connectivity index (χ2n) is 5.42. The first-order chi connectivity index (χ1) is 9.75. The van der Waals surface area contributed by atoms with Crippen LogP contribution in [0.3, 0.4) is 0 Å². The van der Waals surface area contributed by atoms with E-state index in [4.69, 9.17) is 4.74 Å². The summed E-state index contributed by atoms with van der Waals surface area (Å²) in [6.07, 6.45) is 3.92. The molecule has 0 spiro atoms. The maximum atomic E-state index is 12.8. The van der Waals surface area contributed by atoms with E-state index in [2.05, 4.69) is 5.10 Å². The largest absolute Gasteiger partial charge is 0.381 e. The van der Waals surface area contributed by atoms with Crippen molar-refractivity contribution in [2.45, 2.75) is 18.8 Å². The van der Waals surface area contributed by atoms with E-state index < -0.39 is 0 Å². The van der Waals surface area contributed by atoms with Gasteiger partial charge in [0.1, 0.15) is 0 Å². The predicted molar refractivity (Wildman–Crippen MR) is 79.2 cm³/mol. The van der Waals surface area contributed by atoms with Crippen molar-refractivity contribution in [3.05, 3.63) is 17.5 Å². The van der Waals surface area contributed by atoms with Gasteiger partial charge in [0.05, 0.1) is 17.9 Å². The van der Waals surface area contributed by atoms with Gasteiger partial charge in [0.2, 0.25) is 0 Å². The molecule has 1 atom stereocenters. The molecular weight excluding hydrogens is 274 g/mol. The van der Waals surface area contributed by atoms with Gasteiger partial charge < -0.3 is 9.64 Å². The standard InChI is InChI=1S/C14H21N3O2S/c1-16-9-12(13(15-16)11-3-6-19-10-11)14(18)17-4-2-7-20-8-5-17/h9,11H,2-8,10H2,1H3/t11-/m1/s1. The van der Waals surface area contributed by atoms with Crippen LogP contribution < -0.4 is 0 Å². The van der Waals surface area contributed by atoms with E-state index in [1.54, 1.807) is 4.68 Å². The quantitative estimate of drug-likeness (QED) is 0.829. The number of ether oxygens (including phenoxy) is 1. The number of carbonyl (C=O) groups excluding carboxylic acids is 1. The Morgan fingerprint density at radius 3 is 3.15 bits per heavy atom. The Kier molecular flexibility index (Phi) is 4.31. The molecule has 0 N–H and O–H groups in total. The second kappa shape index (κ2) is 6.18. The minimum absolute atomic E-state index is 0.141. The van der Waals surface area contributed by atoms with Crippen molar-refractivity contribution in [1.29, 1.82) is 0 Å². The van der Waals surface area contributed by atoms with Gasteiger partial charge in [-0.1, -0.05) is 0 Å². The highest BCUT2D eigenvalue weighted by Gasteiger charge is 2.29. The summed E-state index contributed by atoms with van der Waals surface area (Å²) in [6, 6.07) is 0. The van der Waals surface area contributed by atoms with Crippen LogP contribution in [0.15, 0.2) is 6.20 Å². The van der Waals surface area contributed by atoms with Gasteiger partial charge in [-0.2, -0.15) is 16.9 Å². The third-order valence-electron chi connectivity index (χ3n) is 3.91. The van der Waals surface area contributed by atoms with Gasteiger partial charge in [-0.15, -0.1) is 0 Å². The van der Waals surface area contributed by atoms with Gasteiger partial charge in [-0.05, 0) is 18.6 Å². The molecule has 110 valence electrons. The van der Waals surface area contributed by atoms with E-state index >= 15 is 0 Å². The van der Waals surface area contributed by atoms with Gasteiger partial charge in [0.25, 0.3) is 5.91 Å². The third-order valence-corrected chi connectivity index (χ3v) is 4.96. The number of hydrogen-bond donors (Lipinski definition) is 0. The van der Waals surface area contributed by atoms with Gasteiger partial charge in [0.15, 0.2) is 0 Å². The first kappa shape index (κ1) is 13.9. The van der Waals surface area contributed by atoms with Crippen molar-refractivity contribution in [3.8, 4) is 0 Å². The van der Waals surface area contributed by atoms with E-state index in [0.717, 1.165) is 55.3 Å². The van der Waals surface area contributed by atoms with Crippen molar-refractivity contribution in [1.82, 2.24) is 14.7 Å². The molecule has 1 aromatic heterocycles. The second-order valence-corrected chi connectivity index (χ2v) is 6.65. The van der Waals surface area contributed by atoms with Crippen LogP contribution in [0.2, 0.25) is 0 Å². The van der Waals surface area contributed by atoms with E-state index in [1.807, 2.05) is 29.9 Å². The molecule has 0 bridgehead atoms. The number of hydrogen-bond acceptors (Lipinski definition) is 4. The summed E-state index contributed by atoms with van der Waals surface area (Å²) in [7, 11) is 1.88. The minimum Gasteiger partial charge on any atom is -0.381 e. The van der Waals surface area contributed by atoms with E-state index in [-0.39, 0.29) is 11.8 Å². The molecule has 0 saturated carbocycles. The maximum Gasteiger partial charge on any atom is 0.257 e. The van der Waals surface area contributed by atoms with Gasteiger partial charge in [-0.25, -0.2) is 0 Å². The average molecular weight is 295 g/mol. The number of rotatable bonds is 2. The lowest BCUT2D eigenvalue weighted by molar-refractivity contribution is 0.0766. The number of thioether (sulfide) groups is 1. The van der Waals surface area contributed by atoms with Crippen molar-refractivity contribution in [2.24, 2.45) is 7.05 Å². The zero-order valence-corrected chi connectivity index (χ0v) is 12.7. The molecule has 5 nitrogen and oxygen atoms in total. The molecule has 0 aliphatic carbocycles. The molecule has 0 radical (unpaired) electrons. The molecule has 3 rings (SSSR count). The summed E-state index contributed by atoms with van der Waals surface area (Å²) < 4.78 is 7.20. The fourth-order valence-corrected chi connectivity index (χ4v) is 3.73. The minimum atomic E-state index is 0.141. The lowest BCUT2D eigenvalue weighted by atomic mass is 10.0. The topological polar surface area (TPSA) is 47.4 Å². The van der Waals surface area contributed by atoms with E-state index in [9.17, 15) is 4.79 Å². The molecule has 2 fully saturated rings. The Bertz CT molecular complexity index is 475. The molecule has 2 saturated heterocycles. The first-order valence-corrected chi connectivity index (χ1v) is 8.39. The highest BCUT2D eigenvalue weighted by atomic mass is 32.2. The molecular formula is C14H21N3O2S. The summed E-state index contributed by atoms with van der Waals surface area (Å²) in [4.78, 5) is 14.7. The van der Waals surface area contributed by atoms with Crippen LogP contribution in [-0.4, -0.2) is 58.4 Å². The molecule has 6 heteroatoms. The Morgan fingerprint density at radius 2 is 2.35 bits per heavy atom. The molecule has 20 heavy (non-hydrogen) atoms. The van der Waals surface area contributed by atoms with Crippen LogP contribution in [0.25, 0.3) is 0 Å². The van der Waals surface area contributed by atoms with Crippen LogP contribution >= 0.6 is 11.8 Å². The number of amides is 1. The van der Waals surface area contributed by atoms with Gasteiger partial charge >= 0.3 is 0 Å². The molecule has 0 aromatic carbocycles. The lowest BCUT2D eigenvalue weighted by Gasteiger charge is -2.20. The molecule has 1 amide bonds. The van der Waals surface area contributed by atoms with Crippen LogP contribution in [0.5, 0.6) is 0 Å². The summed E-state index contributed by atoms with van der Waals surface area (Å²) in [5.41, 5.74) is 1.70. The Labute approximate surface area is 123 Å². The number of aromatic nitrogens is 2. The van der Waals surface area contributed by atoms with E-state index in [1.165, 1.54) is 0 Å². The summed E-state index contributed by atoms with van der Waals surface area (Å²) >= 11 is 1.93. The SMILES string of the molecule is Cn1cc(C(=O)N2CCCSCC2)c([C@@H]2CCOC2)n1. The Morgan fingerprint density at radius 1 is 1.45 bits per heavy atom. The van der Waals surface area contributed by atoms with Gasteiger partial charge in [0, 0.05) is 44.6 Å². The van der Waals surface area contributed by atoms with Crippen molar-refractivity contribution < 1.29 is 9.53 Å². The smallest absolute Gasteiger partial charge is 0.257 e. The summed E-state index contributed by atoms with van der Waals surface area (Å²) in [6.45, 7) is 3.17. The summed E-state index contributed by atoms with van der Waals surface area (Å²) in [5.74, 6) is 2.60. The third kappa shape index (κ3) is 2.86. The fourth-order valence-electron chi connectivity index (χ4n) is 2.84. The van der Waals surface area contributed by atoms with Crippen LogP contribution in [0.4, 0.5) is 0 Å². The molecule has 2 aliphatic rings. The van der Waals surface area contributed by atoms with Crippen LogP contribution in [-0.2, 0) is 11.8 Å². The normalized spacial score (nSPS) is 23.9. The Hall–Kier alpha value is -1.01. The van der Waals surface area contributed by atoms with Crippen molar-refractivity contribution in [2.75, 3.05) is 37.8 Å². The van der Waals surface area contributed by atoms with Crippen molar-refractivity contribution >= 4 is 17.7 Å². The predicted octanol–water partition coefficient (Wildman–Crippen LogP) is 1.50. The Balaban J connectivity index is 1.82. The van der Waals surface area contributed by atoms with Crippen molar-refractivity contribution in [3.63, 3.8) is 0 Å². The van der Waals surface area contributed by atoms with Gasteiger partial charge in [-0.3, -0.25) is 9.48 Å². The van der Waals surface area contributed by atoms with Crippen LogP contribution in [0, 0.1) is 0 Å². The molecule has 0 unspecified atom stereocenters. The zero-order valence-electron chi connectivity index (χ0n) is 11.9. The first-order valence-electron chi connectivity index (χ1n) is 7.24. The number of nitrogens with zero attached hydrogens (tertiary/aromatic N) is 3. The number of carbonyl (C=O) groups is 1. The number of aryl methyl sites for hydroxylation is 1. The lowest BCUT2D eigenvalue weighted by Crippen LogP contribution is -2.33. The highest BCUT2D eigenvalue weighted by molar-refractivity contribution is 7.99. The average Bonchev–Trinajstić information content (AvgIpc) is 3.01. The highest BCUT2D eigenvalue weighted by Crippen LogP contribution is 2.27. The maximum absolute atomic E-state index is 12.8. The molecule has 1 aromatic rings. The molecule has 3 heterocycles.